The molecule has 0 N–H and O–H groups in total. The van der Waals surface area contributed by atoms with E-state index in [-0.39, 0.29) is 5.97 Å². The van der Waals surface area contributed by atoms with Gasteiger partial charge in [0, 0.05) is 6.42 Å². The number of ether oxygens (including phenoxy) is 1. The molecule has 0 aromatic heterocycles. The smallest absolute Gasteiger partial charge is 0.306 e. The first kappa shape index (κ1) is 14.9. The van der Waals surface area contributed by atoms with Gasteiger partial charge in [0.15, 0.2) is 0 Å². The molecule has 0 unspecified atom stereocenters. The third-order valence-electron chi connectivity index (χ3n) is 2.24. The standard InChI is InChI=1S/C14H24O2/c1-5-16-14(15)11-7-10-13(4)9-6-8-12(2)3/h8,10H,5-7,9,11H2,1-4H3/b13-10+. The number of rotatable bonds is 7. The van der Waals surface area contributed by atoms with Crippen LogP contribution in [0.4, 0.5) is 0 Å². The molecule has 0 amide bonds. The Morgan fingerprint density at radius 1 is 1.06 bits per heavy atom. The van der Waals surface area contributed by atoms with Crippen LogP contribution in [0.5, 0.6) is 0 Å². The highest BCUT2D eigenvalue weighted by Gasteiger charge is 1.98. The molecular formula is C14H24O2. The Labute approximate surface area is 99.4 Å². The molecule has 0 aliphatic rings. The quantitative estimate of drug-likeness (QED) is 0.482. The van der Waals surface area contributed by atoms with Crippen LogP contribution in [0.3, 0.4) is 0 Å². The van der Waals surface area contributed by atoms with Crippen LogP contribution >= 0.6 is 0 Å². The van der Waals surface area contributed by atoms with Crippen LogP contribution < -0.4 is 0 Å². The Bertz CT molecular complexity index is 258. The Morgan fingerprint density at radius 3 is 2.25 bits per heavy atom. The van der Waals surface area contributed by atoms with Crippen molar-refractivity contribution in [1.29, 1.82) is 0 Å². The number of carbonyl (C=O) groups is 1. The van der Waals surface area contributed by atoms with Crippen LogP contribution in [0.1, 0.15) is 53.4 Å². The van der Waals surface area contributed by atoms with E-state index in [0.717, 1.165) is 19.3 Å². The van der Waals surface area contributed by atoms with Crippen molar-refractivity contribution >= 4 is 5.97 Å². The Balaban J connectivity index is 3.70. The lowest BCUT2D eigenvalue weighted by molar-refractivity contribution is -0.142. The summed E-state index contributed by atoms with van der Waals surface area (Å²) in [6, 6.07) is 0. The maximum absolute atomic E-state index is 11.1. The number of esters is 1. The third-order valence-corrected chi connectivity index (χ3v) is 2.24. The molecule has 0 spiro atoms. The molecule has 0 aliphatic heterocycles. The molecule has 0 bridgehead atoms. The van der Waals surface area contributed by atoms with E-state index in [4.69, 9.17) is 4.74 Å². The van der Waals surface area contributed by atoms with Gasteiger partial charge in [-0.25, -0.2) is 0 Å². The molecule has 0 saturated heterocycles. The first-order valence-corrected chi connectivity index (χ1v) is 6.00. The van der Waals surface area contributed by atoms with Crippen LogP contribution in [0, 0.1) is 0 Å². The average molecular weight is 224 g/mol. The second-order valence-corrected chi connectivity index (χ2v) is 4.21. The summed E-state index contributed by atoms with van der Waals surface area (Å²) in [5.41, 5.74) is 2.71. The summed E-state index contributed by atoms with van der Waals surface area (Å²) in [5, 5.41) is 0. The lowest BCUT2D eigenvalue weighted by Gasteiger charge is -2.01. The second-order valence-electron chi connectivity index (χ2n) is 4.21. The Morgan fingerprint density at radius 2 is 1.69 bits per heavy atom. The van der Waals surface area contributed by atoms with E-state index in [9.17, 15) is 4.79 Å². The molecule has 2 heteroatoms. The van der Waals surface area contributed by atoms with Crippen molar-refractivity contribution in [3.63, 3.8) is 0 Å². The minimum Gasteiger partial charge on any atom is -0.466 e. The molecule has 0 aromatic rings. The maximum atomic E-state index is 11.1. The van der Waals surface area contributed by atoms with Crippen molar-refractivity contribution in [3.8, 4) is 0 Å². The van der Waals surface area contributed by atoms with Gasteiger partial charge in [0.25, 0.3) is 0 Å². The Kier molecular flexibility index (Phi) is 8.59. The average Bonchev–Trinajstić information content (AvgIpc) is 2.17. The summed E-state index contributed by atoms with van der Waals surface area (Å²) < 4.78 is 4.86. The van der Waals surface area contributed by atoms with Gasteiger partial charge in [-0.1, -0.05) is 23.3 Å². The molecule has 0 saturated carbocycles. The van der Waals surface area contributed by atoms with E-state index < -0.39 is 0 Å². The minimum atomic E-state index is -0.101. The van der Waals surface area contributed by atoms with E-state index in [2.05, 4.69) is 32.9 Å². The van der Waals surface area contributed by atoms with Crippen molar-refractivity contribution in [2.45, 2.75) is 53.4 Å². The summed E-state index contributed by atoms with van der Waals surface area (Å²) in [6.07, 6.45) is 7.82. The van der Waals surface area contributed by atoms with Gasteiger partial charge >= 0.3 is 5.97 Å². The number of allylic oxidation sites excluding steroid dienone is 4. The molecule has 92 valence electrons. The predicted octanol–water partition coefficient (Wildman–Crippen LogP) is 4.02. The zero-order valence-electron chi connectivity index (χ0n) is 11.0. The largest absolute Gasteiger partial charge is 0.466 e. The van der Waals surface area contributed by atoms with Crippen molar-refractivity contribution in [3.05, 3.63) is 23.3 Å². The van der Waals surface area contributed by atoms with Crippen molar-refractivity contribution in [2.24, 2.45) is 0 Å². The van der Waals surface area contributed by atoms with Gasteiger partial charge < -0.3 is 4.74 Å². The summed E-state index contributed by atoms with van der Waals surface area (Å²) in [5.74, 6) is -0.101. The third kappa shape index (κ3) is 9.50. The fourth-order valence-electron chi connectivity index (χ4n) is 1.36. The minimum absolute atomic E-state index is 0.101. The van der Waals surface area contributed by atoms with Gasteiger partial charge in [-0.15, -0.1) is 0 Å². The van der Waals surface area contributed by atoms with Gasteiger partial charge in [0.2, 0.25) is 0 Å². The molecule has 0 atom stereocenters. The van der Waals surface area contributed by atoms with Crippen LogP contribution in [0.25, 0.3) is 0 Å². The fraction of sp³-hybridized carbons (Fsp3) is 0.643. The summed E-state index contributed by atoms with van der Waals surface area (Å²) in [6.45, 7) is 8.64. The molecule has 0 aromatic carbocycles. The lowest BCUT2D eigenvalue weighted by atomic mass is 10.1. The number of hydrogen-bond donors (Lipinski definition) is 0. The summed E-state index contributed by atoms with van der Waals surface area (Å²) in [7, 11) is 0. The first-order chi connectivity index (χ1) is 7.56. The zero-order valence-corrected chi connectivity index (χ0v) is 11.0. The highest BCUT2D eigenvalue weighted by molar-refractivity contribution is 5.69. The SMILES string of the molecule is CCOC(=O)CC/C=C(\C)CCC=C(C)C. The highest BCUT2D eigenvalue weighted by atomic mass is 16.5. The highest BCUT2D eigenvalue weighted by Crippen LogP contribution is 2.08. The van der Waals surface area contributed by atoms with Crippen LogP contribution in [-0.2, 0) is 9.53 Å². The molecular weight excluding hydrogens is 200 g/mol. The van der Waals surface area contributed by atoms with Gasteiger partial charge in [0.05, 0.1) is 6.61 Å². The molecule has 2 nitrogen and oxygen atoms in total. The van der Waals surface area contributed by atoms with E-state index in [1.807, 2.05) is 6.92 Å². The van der Waals surface area contributed by atoms with Crippen molar-refractivity contribution in [2.75, 3.05) is 6.61 Å². The molecule has 0 fully saturated rings. The normalized spacial score (nSPS) is 11.1. The first-order valence-electron chi connectivity index (χ1n) is 6.00. The summed E-state index contributed by atoms with van der Waals surface area (Å²) in [4.78, 5) is 11.1. The fourth-order valence-corrected chi connectivity index (χ4v) is 1.36. The van der Waals surface area contributed by atoms with E-state index >= 15 is 0 Å². The monoisotopic (exact) mass is 224 g/mol. The predicted molar refractivity (Wildman–Crippen MR) is 68.3 cm³/mol. The molecule has 0 heterocycles. The zero-order chi connectivity index (χ0) is 12.4. The van der Waals surface area contributed by atoms with Crippen LogP contribution in [0.2, 0.25) is 0 Å². The van der Waals surface area contributed by atoms with Crippen molar-refractivity contribution < 1.29 is 9.53 Å². The van der Waals surface area contributed by atoms with E-state index in [0.29, 0.717) is 13.0 Å². The molecule has 16 heavy (non-hydrogen) atoms. The lowest BCUT2D eigenvalue weighted by Crippen LogP contribution is -2.02. The van der Waals surface area contributed by atoms with Crippen LogP contribution in [0.15, 0.2) is 23.3 Å². The Hall–Kier alpha value is -1.05. The summed E-state index contributed by atoms with van der Waals surface area (Å²) >= 11 is 0. The van der Waals surface area contributed by atoms with Gasteiger partial charge in [-0.3, -0.25) is 4.79 Å². The number of hydrogen-bond acceptors (Lipinski definition) is 2. The van der Waals surface area contributed by atoms with E-state index in [1.54, 1.807) is 0 Å². The maximum Gasteiger partial charge on any atom is 0.306 e. The van der Waals surface area contributed by atoms with Crippen molar-refractivity contribution in [1.82, 2.24) is 0 Å². The van der Waals surface area contributed by atoms with Crippen LogP contribution in [-0.4, -0.2) is 12.6 Å². The molecule has 0 aliphatic carbocycles. The number of carbonyl (C=O) groups excluding carboxylic acids is 1. The van der Waals surface area contributed by atoms with Gasteiger partial charge in [-0.05, 0) is 47.0 Å². The molecule has 0 radical (unpaired) electrons. The van der Waals surface area contributed by atoms with Gasteiger partial charge in [-0.2, -0.15) is 0 Å². The van der Waals surface area contributed by atoms with Gasteiger partial charge in [0.1, 0.15) is 0 Å². The second kappa shape index (κ2) is 9.20. The topological polar surface area (TPSA) is 26.3 Å². The van der Waals surface area contributed by atoms with E-state index in [1.165, 1.54) is 11.1 Å². The molecule has 0 rings (SSSR count).